The van der Waals surface area contributed by atoms with Crippen molar-refractivity contribution in [1.82, 2.24) is 4.90 Å². The van der Waals surface area contributed by atoms with Gasteiger partial charge < -0.3 is 9.47 Å². The molecular weight excluding hydrogens is 130 g/mol. The average molecular weight is 143 g/mol. The Morgan fingerprint density at radius 1 is 1.50 bits per heavy atom. The average Bonchev–Trinajstić information content (AvgIpc) is 2.10. The van der Waals surface area contributed by atoms with Gasteiger partial charge in [-0.15, -0.1) is 0 Å². The van der Waals surface area contributed by atoms with Gasteiger partial charge in [0.15, 0.2) is 5.72 Å². The van der Waals surface area contributed by atoms with Gasteiger partial charge in [-0.05, 0) is 14.0 Å². The summed E-state index contributed by atoms with van der Waals surface area (Å²) < 4.78 is 10.7. The fraction of sp³-hybridized carbons (Fsp3) is 1.00. The maximum absolute atomic E-state index is 5.60. The van der Waals surface area contributed by atoms with E-state index in [0.29, 0.717) is 6.04 Å². The summed E-state index contributed by atoms with van der Waals surface area (Å²) in [5, 5.41) is 0. The molecule has 2 rings (SSSR count). The highest BCUT2D eigenvalue weighted by Crippen LogP contribution is 2.32. The third-order valence-corrected chi connectivity index (χ3v) is 2.55. The van der Waals surface area contributed by atoms with Crippen molar-refractivity contribution in [3.63, 3.8) is 0 Å². The first-order valence-corrected chi connectivity index (χ1v) is 3.69. The summed E-state index contributed by atoms with van der Waals surface area (Å²) in [6.45, 7) is 4.51. The zero-order chi connectivity index (χ0) is 7.19. The minimum absolute atomic E-state index is 0.0422. The molecule has 2 fully saturated rings. The van der Waals surface area contributed by atoms with Gasteiger partial charge in [-0.2, -0.15) is 0 Å². The molecule has 58 valence electrons. The monoisotopic (exact) mass is 143 g/mol. The first kappa shape index (κ1) is 6.58. The van der Waals surface area contributed by atoms with Gasteiger partial charge in [0.05, 0.1) is 19.8 Å². The van der Waals surface area contributed by atoms with Crippen molar-refractivity contribution >= 4 is 0 Å². The summed E-state index contributed by atoms with van der Waals surface area (Å²) in [6.07, 6.45) is 0. The number of rotatable bonds is 0. The van der Waals surface area contributed by atoms with Crippen LogP contribution in [0.2, 0.25) is 0 Å². The molecule has 2 aliphatic heterocycles. The Morgan fingerprint density at radius 3 is 2.40 bits per heavy atom. The Hall–Kier alpha value is -0.120. The largest absolute Gasteiger partial charge is 0.372 e. The topological polar surface area (TPSA) is 21.7 Å². The van der Waals surface area contributed by atoms with Crippen LogP contribution in [0.1, 0.15) is 6.92 Å². The maximum atomic E-state index is 5.60. The van der Waals surface area contributed by atoms with Crippen molar-refractivity contribution in [2.24, 2.45) is 0 Å². The molecule has 1 spiro atoms. The second-order valence-corrected chi connectivity index (χ2v) is 3.21. The molecule has 2 heterocycles. The smallest absolute Gasteiger partial charge is 0.168 e. The van der Waals surface area contributed by atoms with E-state index in [1.807, 2.05) is 0 Å². The molecule has 0 aromatic carbocycles. The minimum Gasteiger partial charge on any atom is -0.372 e. The first-order chi connectivity index (χ1) is 4.75. The number of nitrogens with zero attached hydrogens (tertiary/aromatic N) is 1. The van der Waals surface area contributed by atoms with E-state index >= 15 is 0 Å². The summed E-state index contributed by atoms with van der Waals surface area (Å²) in [5.74, 6) is 0. The Balaban J connectivity index is 2.10. The van der Waals surface area contributed by atoms with Gasteiger partial charge in [0.1, 0.15) is 0 Å². The van der Waals surface area contributed by atoms with Gasteiger partial charge in [0.2, 0.25) is 0 Å². The third-order valence-electron chi connectivity index (χ3n) is 2.55. The summed E-state index contributed by atoms with van der Waals surface area (Å²) in [7, 11) is 2.10. The molecule has 0 amide bonds. The summed E-state index contributed by atoms with van der Waals surface area (Å²) in [4.78, 5) is 2.26. The van der Waals surface area contributed by atoms with Crippen LogP contribution >= 0.6 is 0 Å². The fourth-order valence-corrected chi connectivity index (χ4v) is 1.45. The van der Waals surface area contributed by atoms with Gasteiger partial charge in [-0.1, -0.05) is 0 Å². The Labute approximate surface area is 60.9 Å². The molecule has 2 aliphatic rings. The van der Waals surface area contributed by atoms with E-state index in [0.717, 1.165) is 19.8 Å². The van der Waals surface area contributed by atoms with Crippen LogP contribution in [0.15, 0.2) is 0 Å². The predicted molar refractivity (Wildman–Crippen MR) is 36.7 cm³/mol. The summed E-state index contributed by atoms with van der Waals surface area (Å²) in [5.41, 5.74) is -0.0422. The van der Waals surface area contributed by atoms with Crippen LogP contribution in [0.25, 0.3) is 0 Å². The number of ether oxygens (including phenoxy) is 2. The van der Waals surface area contributed by atoms with Crippen molar-refractivity contribution in [2.45, 2.75) is 18.7 Å². The molecule has 1 atom stereocenters. The standard InChI is InChI=1S/C7H13NO2/c1-6-3-10-7(8(6)2)4-9-5-7/h6H,3-5H2,1-2H3. The third kappa shape index (κ3) is 0.654. The second-order valence-electron chi connectivity index (χ2n) is 3.21. The van der Waals surface area contributed by atoms with E-state index in [2.05, 4.69) is 18.9 Å². The Bertz CT molecular complexity index is 145. The molecule has 3 nitrogen and oxygen atoms in total. The molecule has 3 heteroatoms. The molecule has 10 heavy (non-hydrogen) atoms. The molecule has 0 aliphatic carbocycles. The van der Waals surface area contributed by atoms with Crippen molar-refractivity contribution < 1.29 is 9.47 Å². The fourth-order valence-electron chi connectivity index (χ4n) is 1.45. The Morgan fingerprint density at radius 2 is 2.20 bits per heavy atom. The maximum Gasteiger partial charge on any atom is 0.168 e. The van der Waals surface area contributed by atoms with Crippen LogP contribution in [0.5, 0.6) is 0 Å². The number of hydrogen-bond donors (Lipinski definition) is 0. The van der Waals surface area contributed by atoms with Gasteiger partial charge in [0.25, 0.3) is 0 Å². The van der Waals surface area contributed by atoms with Gasteiger partial charge in [-0.25, -0.2) is 0 Å². The lowest BCUT2D eigenvalue weighted by atomic mass is 10.1. The molecule has 2 saturated heterocycles. The van der Waals surface area contributed by atoms with E-state index < -0.39 is 0 Å². The lowest BCUT2D eigenvalue weighted by Crippen LogP contribution is -2.59. The highest BCUT2D eigenvalue weighted by Gasteiger charge is 2.49. The van der Waals surface area contributed by atoms with Gasteiger partial charge >= 0.3 is 0 Å². The molecule has 0 aromatic heterocycles. The van der Waals surface area contributed by atoms with Crippen LogP contribution in [0.4, 0.5) is 0 Å². The molecule has 0 saturated carbocycles. The van der Waals surface area contributed by atoms with Crippen molar-refractivity contribution in [1.29, 1.82) is 0 Å². The van der Waals surface area contributed by atoms with Crippen molar-refractivity contribution in [3.8, 4) is 0 Å². The highest BCUT2D eigenvalue weighted by atomic mass is 16.6. The van der Waals surface area contributed by atoms with Crippen LogP contribution in [-0.4, -0.2) is 43.5 Å². The molecule has 1 unspecified atom stereocenters. The highest BCUT2D eigenvalue weighted by molar-refractivity contribution is 4.93. The van der Waals surface area contributed by atoms with Crippen LogP contribution in [0.3, 0.4) is 0 Å². The first-order valence-electron chi connectivity index (χ1n) is 3.69. The van der Waals surface area contributed by atoms with E-state index in [9.17, 15) is 0 Å². The van der Waals surface area contributed by atoms with Gasteiger partial charge in [0, 0.05) is 6.04 Å². The van der Waals surface area contributed by atoms with E-state index in [-0.39, 0.29) is 5.72 Å². The summed E-state index contributed by atoms with van der Waals surface area (Å²) in [6, 6.07) is 0.545. The predicted octanol–water partition coefficient (Wildman–Crippen LogP) is 0.0634. The van der Waals surface area contributed by atoms with E-state index in [1.165, 1.54) is 0 Å². The van der Waals surface area contributed by atoms with Crippen LogP contribution in [0, 0.1) is 0 Å². The van der Waals surface area contributed by atoms with Gasteiger partial charge in [-0.3, -0.25) is 4.90 Å². The quantitative estimate of drug-likeness (QED) is 0.478. The lowest BCUT2D eigenvalue weighted by Gasteiger charge is -2.42. The molecule has 0 aromatic rings. The Kier molecular flexibility index (Phi) is 1.27. The zero-order valence-corrected chi connectivity index (χ0v) is 6.46. The number of hydrogen-bond acceptors (Lipinski definition) is 3. The molecule has 0 radical (unpaired) electrons. The normalized spacial score (nSPS) is 38.4. The lowest BCUT2D eigenvalue weighted by molar-refractivity contribution is -0.238. The van der Waals surface area contributed by atoms with E-state index in [4.69, 9.17) is 9.47 Å². The summed E-state index contributed by atoms with van der Waals surface area (Å²) >= 11 is 0. The molecular formula is C7H13NO2. The van der Waals surface area contributed by atoms with E-state index in [1.54, 1.807) is 0 Å². The minimum atomic E-state index is -0.0422. The SMILES string of the molecule is CC1COC2(COC2)N1C. The van der Waals surface area contributed by atoms with Crippen molar-refractivity contribution in [3.05, 3.63) is 0 Å². The molecule has 0 N–H and O–H groups in total. The number of likely N-dealkylation sites (N-methyl/N-ethyl adjacent to an activating group) is 1. The van der Waals surface area contributed by atoms with Crippen molar-refractivity contribution in [2.75, 3.05) is 26.9 Å². The zero-order valence-electron chi connectivity index (χ0n) is 6.46. The van der Waals surface area contributed by atoms with Crippen LogP contribution < -0.4 is 0 Å². The molecule has 0 bridgehead atoms. The second kappa shape index (κ2) is 1.94. The van der Waals surface area contributed by atoms with Crippen LogP contribution in [-0.2, 0) is 9.47 Å².